The highest BCUT2D eigenvalue weighted by Gasteiger charge is 2.28. The Kier molecular flexibility index (Phi) is 6.20. The van der Waals surface area contributed by atoms with E-state index >= 15 is 0 Å². The second kappa shape index (κ2) is 9.04. The van der Waals surface area contributed by atoms with Gasteiger partial charge in [-0.15, -0.1) is 0 Å². The van der Waals surface area contributed by atoms with Gasteiger partial charge in [0.1, 0.15) is 0 Å². The second-order valence-corrected chi connectivity index (χ2v) is 9.97. The number of rotatable bonds is 5. The van der Waals surface area contributed by atoms with Crippen molar-refractivity contribution in [2.24, 2.45) is 5.92 Å². The van der Waals surface area contributed by atoms with Crippen LogP contribution in [0.15, 0.2) is 83.8 Å². The summed E-state index contributed by atoms with van der Waals surface area (Å²) in [6.45, 7) is 3.19. The first-order valence-corrected chi connectivity index (χ1v) is 11.9. The molecule has 4 rings (SSSR count). The molecule has 0 bridgehead atoms. The molecule has 1 amide bonds. The molecule has 0 aromatic heterocycles. The van der Waals surface area contributed by atoms with Gasteiger partial charge in [0.25, 0.3) is 5.91 Å². The molecule has 1 aliphatic rings. The van der Waals surface area contributed by atoms with Crippen LogP contribution in [0.1, 0.15) is 30.1 Å². The van der Waals surface area contributed by atoms with Crippen LogP contribution in [0, 0.1) is 5.92 Å². The lowest BCUT2D eigenvalue weighted by atomic mass is 10.0. The molecule has 1 aliphatic heterocycles. The lowest BCUT2D eigenvalue weighted by molar-refractivity contribution is 0.102. The topological polar surface area (TPSA) is 66.5 Å². The summed E-state index contributed by atoms with van der Waals surface area (Å²) in [4.78, 5) is 12.8. The molecule has 0 radical (unpaired) electrons. The quantitative estimate of drug-likeness (QED) is 0.613. The first kappa shape index (κ1) is 21.3. The smallest absolute Gasteiger partial charge is 0.255 e. The summed E-state index contributed by atoms with van der Waals surface area (Å²) < 4.78 is 27.3. The molecule has 160 valence electrons. The van der Waals surface area contributed by atoms with Crippen LogP contribution in [0.4, 0.5) is 5.69 Å². The van der Waals surface area contributed by atoms with E-state index in [1.54, 1.807) is 40.7 Å². The third-order valence-corrected chi connectivity index (χ3v) is 7.50. The highest BCUT2D eigenvalue weighted by atomic mass is 32.2. The van der Waals surface area contributed by atoms with Crippen molar-refractivity contribution in [1.29, 1.82) is 0 Å². The summed E-state index contributed by atoms with van der Waals surface area (Å²) in [6, 6.07) is 23.8. The molecule has 0 unspecified atom stereocenters. The molecule has 1 heterocycles. The van der Waals surface area contributed by atoms with Crippen LogP contribution < -0.4 is 5.32 Å². The predicted molar refractivity (Wildman–Crippen MR) is 123 cm³/mol. The van der Waals surface area contributed by atoms with Crippen molar-refractivity contribution in [2.75, 3.05) is 18.4 Å². The molecular weight excluding hydrogens is 408 g/mol. The van der Waals surface area contributed by atoms with Crippen LogP contribution in [0.3, 0.4) is 0 Å². The van der Waals surface area contributed by atoms with Gasteiger partial charge in [-0.3, -0.25) is 4.79 Å². The fraction of sp³-hybridized carbons (Fsp3) is 0.240. The van der Waals surface area contributed by atoms with E-state index in [0.717, 1.165) is 24.0 Å². The van der Waals surface area contributed by atoms with Crippen molar-refractivity contribution in [3.63, 3.8) is 0 Å². The third-order valence-electron chi connectivity index (χ3n) is 5.62. The van der Waals surface area contributed by atoms with E-state index in [9.17, 15) is 13.2 Å². The lowest BCUT2D eigenvalue weighted by Gasteiger charge is -2.30. The molecule has 1 N–H and O–H groups in total. The van der Waals surface area contributed by atoms with Crippen molar-refractivity contribution < 1.29 is 13.2 Å². The van der Waals surface area contributed by atoms with Crippen LogP contribution in [0.5, 0.6) is 0 Å². The van der Waals surface area contributed by atoms with Crippen LogP contribution in [0.25, 0.3) is 11.1 Å². The average Bonchev–Trinajstić information content (AvgIpc) is 2.80. The standard InChI is InChI=1S/C25H26N2O3S/c1-19-6-5-17-27(18-19)31(29,30)24-15-13-23(14-16-24)26-25(28)22-11-9-21(10-12-22)20-7-3-2-4-8-20/h2-4,7-16,19H,5-6,17-18H2,1H3,(H,26,28)/t19-/m1/s1. The molecule has 5 nitrogen and oxygen atoms in total. The normalized spacial score (nSPS) is 17.3. The number of sulfonamides is 1. The van der Waals surface area contributed by atoms with E-state index < -0.39 is 10.0 Å². The lowest BCUT2D eigenvalue weighted by Crippen LogP contribution is -2.39. The second-order valence-electron chi connectivity index (χ2n) is 8.03. The SMILES string of the molecule is C[C@@H]1CCCN(S(=O)(=O)c2ccc(NC(=O)c3ccc(-c4ccccc4)cc3)cc2)C1. The maximum absolute atomic E-state index is 12.9. The zero-order chi connectivity index (χ0) is 21.8. The summed E-state index contributed by atoms with van der Waals surface area (Å²) >= 11 is 0. The highest BCUT2D eigenvalue weighted by molar-refractivity contribution is 7.89. The van der Waals surface area contributed by atoms with Gasteiger partial charge >= 0.3 is 0 Å². The monoisotopic (exact) mass is 434 g/mol. The Morgan fingerprint density at radius 2 is 1.55 bits per heavy atom. The number of nitrogens with zero attached hydrogens (tertiary/aromatic N) is 1. The third kappa shape index (κ3) is 4.86. The first-order chi connectivity index (χ1) is 14.9. The predicted octanol–water partition coefficient (Wildman–Crippen LogP) is 5.03. The average molecular weight is 435 g/mol. The van der Waals surface area contributed by atoms with Gasteiger partial charge < -0.3 is 5.32 Å². The van der Waals surface area contributed by atoms with Crippen molar-refractivity contribution in [3.8, 4) is 11.1 Å². The number of hydrogen-bond donors (Lipinski definition) is 1. The zero-order valence-electron chi connectivity index (χ0n) is 17.5. The number of nitrogens with one attached hydrogen (secondary N) is 1. The van der Waals surface area contributed by atoms with Crippen molar-refractivity contribution >= 4 is 21.6 Å². The minimum atomic E-state index is -3.50. The number of carbonyl (C=O) groups excluding carboxylic acids is 1. The van der Waals surface area contributed by atoms with Gasteiger partial charge in [-0.2, -0.15) is 4.31 Å². The molecule has 0 aliphatic carbocycles. The van der Waals surface area contributed by atoms with Crippen LogP contribution in [0.2, 0.25) is 0 Å². The van der Waals surface area contributed by atoms with Crippen LogP contribution >= 0.6 is 0 Å². The van der Waals surface area contributed by atoms with Gasteiger partial charge in [0.2, 0.25) is 10.0 Å². The number of carbonyl (C=O) groups is 1. The molecule has 0 saturated carbocycles. The Labute approximate surface area is 183 Å². The molecule has 31 heavy (non-hydrogen) atoms. The molecule has 1 fully saturated rings. The summed E-state index contributed by atoms with van der Waals surface area (Å²) in [5, 5.41) is 2.84. The molecule has 3 aromatic rings. The number of piperidine rings is 1. The summed E-state index contributed by atoms with van der Waals surface area (Å²) in [5.41, 5.74) is 3.23. The molecule has 3 aromatic carbocycles. The molecular formula is C25H26N2O3S. The van der Waals surface area contributed by atoms with Gasteiger partial charge in [0, 0.05) is 24.3 Å². The maximum Gasteiger partial charge on any atom is 0.255 e. The van der Waals surface area contributed by atoms with E-state index in [-0.39, 0.29) is 10.8 Å². The van der Waals surface area contributed by atoms with E-state index in [2.05, 4.69) is 12.2 Å². The fourth-order valence-corrected chi connectivity index (χ4v) is 5.47. The minimum Gasteiger partial charge on any atom is -0.322 e. The molecule has 1 saturated heterocycles. The van der Waals surface area contributed by atoms with Gasteiger partial charge in [-0.1, -0.05) is 49.4 Å². The largest absolute Gasteiger partial charge is 0.322 e. The number of benzene rings is 3. The van der Waals surface area contributed by atoms with E-state index in [0.29, 0.717) is 30.3 Å². The number of anilines is 1. The Balaban J connectivity index is 1.43. The summed E-state index contributed by atoms with van der Waals surface area (Å²) in [5.74, 6) is 0.135. The van der Waals surface area contributed by atoms with Crippen LogP contribution in [-0.2, 0) is 10.0 Å². The number of hydrogen-bond acceptors (Lipinski definition) is 3. The summed E-state index contributed by atoms with van der Waals surface area (Å²) in [7, 11) is -3.50. The van der Waals surface area contributed by atoms with Crippen molar-refractivity contribution in [2.45, 2.75) is 24.7 Å². The first-order valence-electron chi connectivity index (χ1n) is 10.5. The Bertz CT molecular complexity index is 1140. The highest BCUT2D eigenvalue weighted by Crippen LogP contribution is 2.25. The van der Waals surface area contributed by atoms with Crippen LogP contribution in [-0.4, -0.2) is 31.7 Å². The minimum absolute atomic E-state index is 0.236. The molecule has 1 atom stereocenters. The molecule has 6 heteroatoms. The van der Waals surface area contributed by atoms with Crippen molar-refractivity contribution in [3.05, 3.63) is 84.4 Å². The summed E-state index contributed by atoms with van der Waals surface area (Å²) in [6.07, 6.45) is 1.95. The fourth-order valence-electron chi connectivity index (χ4n) is 3.87. The number of amides is 1. The van der Waals surface area contributed by atoms with E-state index in [1.165, 1.54) is 0 Å². The van der Waals surface area contributed by atoms with Gasteiger partial charge in [0.05, 0.1) is 4.90 Å². The van der Waals surface area contributed by atoms with Gasteiger partial charge in [-0.05, 0) is 66.3 Å². The van der Waals surface area contributed by atoms with E-state index in [4.69, 9.17) is 0 Å². The van der Waals surface area contributed by atoms with Gasteiger partial charge in [-0.25, -0.2) is 8.42 Å². The van der Waals surface area contributed by atoms with E-state index in [1.807, 2.05) is 42.5 Å². The van der Waals surface area contributed by atoms with Gasteiger partial charge in [0.15, 0.2) is 0 Å². The Morgan fingerprint density at radius 1 is 0.903 bits per heavy atom. The zero-order valence-corrected chi connectivity index (χ0v) is 18.3. The molecule has 0 spiro atoms. The van der Waals surface area contributed by atoms with Crippen molar-refractivity contribution in [1.82, 2.24) is 4.31 Å². The Hall–Kier alpha value is -2.96. The maximum atomic E-state index is 12.9. The Morgan fingerprint density at radius 3 is 2.19 bits per heavy atom.